The van der Waals surface area contributed by atoms with Gasteiger partial charge in [-0.3, -0.25) is 0 Å². The van der Waals surface area contributed by atoms with Gasteiger partial charge in [0.15, 0.2) is 0 Å². The monoisotopic (exact) mass is 376 g/mol. The van der Waals surface area contributed by atoms with Crippen molar-refractivity contribution in [3.05, 3.63) is 65.2 Å². The first-order valence-corrected chi connectivity index (χ1v) is 10.8. The minimum Gasteiger partial charge on any atom is -0.478 e. The van der Waals surface area contributed by atoms with E-state index >= 15 is 0 Å². The number of aromatic carboxylic acids is 1. The van der Waals surface area contributed by atoms with Gasteiger partial charge >= 0.3 is 5.97 Å². The highest BCUT2D eigenvalue weighted by Crippen LogP contribution is 2.38. The third-order valence-corrected chi connectivity index (χ3v) is 6.16. The molecule has 0 spiro atoms. The molecule has 0 unspecified atom stereocenters. The van der Waals surface area contributed by atoms with E-state index in [4.69, 9.17) is 0 Å². The first-order valence-electron chi connectivity index (χ1n) is 10.8. The van der Waals surface area contributed by atoms with Crippen LogP contribution in [0.25, 0.3) is 17.2 Å². The molecule has 0 heterocycles. The van der Waals surface area contributed by atoms with E-state index in [1.165, 1.54) is 37.7 Å². The molecular weight excluding hydrogens is 344 g/mol. The molecular formula is C26H32O2. The second-order valence-electron chi connectivity index (χ2n) is 8.05. The lowest BCUT2D eigenvalue weighted by molar-refractivity contribution is 0.0697. The van der Waals surface area contributed by atoms with Crippen LogP contribution >= 0.6 is 0 Å². The van der Waals surface area contributed by atoms with Crippen molar-refractivity contribution in [3.63, 3.8) is 0 Å². The lowest BCUT2D eigenvalue weighted by Crippen LogP contribution is -2.13. The highest BCUT2D eigenvalue weighted by Gasteiger charge is 2.23. The molecule has 2 heteroatoms. The van der Waals surface area contributed by atoms with Gasteiger partial charge in [-0.15, -0.1) is 0 Å². The smallest absolute Gasteiger partial charge is 0.336 e. The standard InChI is InChI=1S/C26H32O2/c1-3-5-6-7-20-10-14-22(15-11-20)25-18-23(16-17-24(25)26(27)28)21-12-8-19(4-2)9-13-21/h6-7,10-11,14-19,21H,3-5,8-9,12-13H2,1-2H3,(H,27,28). The summed E-state index contributed by atoms with van der Waals surface area (Å²) in [5, 5.41) is 9.68. The number of carbonyl (C=O) groups is 1. The van der Waals surface area contributed by atoms with Crippen LogP contribution in [0.1, 0.15) is 86.2 Å². The Morgan fingerprint density at radius 2 is 1.75 bits per heavy atom. The van der Waals surface area contributed by atoms with Crippen LogP contribution in [0.5, 0.6) is 0 Å². The minimum absolute atomic E-state index is 0.389. The molecule has 0 bridgehead atoms. The normalized spacial score (nSPS) is 19.8. The fourth-order valence-electron chi connectivity index (χ4n) is 4.31. The molecule has 1 aliphatic carbocycles. The third kappa shape index (κ3) is 4.92. The maximum Gasteiger partial charge on any atom is 0.336 e. The summed E-state index contributed by atoms with van der Waals surface area (Å²) in [4.78, 5) is 11.8. The van der Waals surface area contributed by atoms with Gasteiger partial charge in [0.05, 0.1) is 5.56 Å². The fraction of sp³-hybridized carbons (Fsp3) is 0.423. The van der Waals surface area contributed by atoms with Crippen LogP contribution in [0.15, 0.2) is 48.5 Å². The van der Waals surface area contributed by atoms with Crippen LogP contribution in [0.4, 0.5) is 0 Å². The third-order valence-electron chi connectivity index (χ3n) is 6.16. The number of rotatable bonds is 7. The average Bonchev–Trinajstić information content (AvgIpc) is 2.74. The van der Waals surface area contributed by atoms with E-state index < -0.39 is 5.97 Å². The Morgan fingerprint density at radius 3 is 2.36 bits per heavy atom. The summed E-state index contributed by atoms with van der Waals surface area (Å²) in [6.07, 6.45) is 12.8. The number of carboxylic acids is 1. The SMILES string of the molecule is CCCC=Cc1ccc(-c2cc(C3CCC(CC)CC3)ccc2C(=O)O)cc1. The van der Waals surface area contributed by atoms with Crippen molar-refractivity contribution in [2.45, 2.75) is 64.7 Å². The lowest BCUT2D eigenvalue weighted by Gasteiger charge is -2.28. The summed E-state index contributed by atoms with van der Waals surface area (Å²) in [5.41, 5.74) is 4.66. The molecule has 0 atom stereocenters. The summed E-state index contributed by atoms with van der Waals surface area (Å²) in [5.74, 6) is 0.561. The van der Waals surface area contributed by atoms with Gasteiger partial charge in [-0.1, -0.05) is 75.2 Å². The summed E-state index contributed by atoms with van der Waals surface area (Å²) in [6, 6.07) is 14.2. The van der Waals surface area contributed by atoms with Crippen LogP contribution in [-0.4, -0.2) is 11.1 Å². The molecule has 28 heavy (non-hydrogen) atoms. The van der Waals surface area contributed by atoms with E-state index in [1.54, 1.807) is 6.07 Å². The van der Waals surface area contributed by atoms with Crippen LogP contribution in [0.2, 0.25) is 0 Å². The Balaban J connectivity index is 1.87. The number of carboxylic acid groups (broad SMARTS) is 1. The van der Waals surface area contributed by atoms with E-state index in [2.05, 4.69) is 44.2 Å². The molecule has 0 radical (unpaired) electrons. The molecule has 1 fully saturated rings. The van der Waals surface area contributed by atoms with Crippen molar-refractivity contribution in [2.24, 2.45) is 5.92 Å². The molecule has 2 nitrogen and oxygen atoms in total. The highest BCUT2D eigenvalue weighted by atomic mass is 16.4. The van der Waals surface area contributed by atoms with Gasteiger partial charge < -0.3 is 5.11 Å². The quantitative estimate of drug-likeness (QED) is 0.541. The van der Waals surface area contributed by atoms with Crippen molar-refractivity contribution in [1.82, 2.24) is 0 Å². The van der Waals surface area contributed by atoms with Crippen molar-refractivity contribution >= 4 is 12.0 Å². The summed E-state index contributed by atoms with van der Waals surface area (Å²) >= 11 is 0. The van der Waals surface area contributed by atoms with Crippen molar-refractivity contribution < 1.29 is 9.90 Å². The van der Waals surface area contributed by atoms with E-state index in [9.17, 15) is 9.90 Å². The fourth-order valence-corrected chi connectivity index (χ4v) is 4.31. The molecule has 2 aromatic rings. The van der Waals surface area contributed by atoms with Crippen LogP contribution in [0, 0.1) is 5.92 Å². The number of allylic oxidation sites excluding steroid dienone is 1. The number of hydrogen-bond donors (Lipinski definition) is 1. The molecule has 1 saturated carbocycles. The van der Waals surface area contributed by atoms with Gasteiger partial charge in [0.2, 0.25) is 0 Å². The minimum atomic E-state index is -0.858. The predicted molar refractivity (Wildman–Crippen MR) is 118 cm³/mol. The topological polar surface area (TPSA) is 37.3 Å². The largest absolute Gasteiger partial charge is 0.478 e. The molecule has 0 saturated heterocycles. The van der Waals surface area contributed by atoms with Crippen molar-refractivity contribution in [2.75, 3.05) is 0 Å². The van der Waals surface area contributed by atoms with Gasteiger partial charge in [-0.05, 0) is 72.3 Å². The molecule has 2 aromatic carbocycles. The van der Waals surface area contributed by atoms with Crippen molar-refractivity contribution in [3.8, 4) is 11.1 Å². The van der Waals surface area contributed by atoms with Gasteiger partial charge in [0.25, 0.3) is 0 Å². The highest BCUT2D eigenvalue weighted by molar-refractivity contribution is 5.96. The lowest BCUT2D eigenvalue weighted by atomic mass is 9.77. The van der Waals surface area contributed by atoms with Crippen LogP contribution in [-0.2, 0) is 0 Å². The van der Waals surface area contributed by atoms with Crippen LogP contribution in [0.3, 0.4) is 0 Å². The Bertz CT molecular complexity index is 809. The molecule has 0 amide bonds. The molecule has 0 aliphatic heterocycles. The van der Waals surface area contributed by atoms with Gasteiger partial charge in [-0.25, -0.2) is 4.79 Å². The molecule has 1 N–H and O–H groups in total. The molecule has 3 rings (SSSR count). The Morgan fingerprint density at radius 1 is 1.04 bits per heavy atom. The Labute approximate surface area is 169 Å². The van der Waals surface area contributed by atoms with Crippen LogP contribution < -0.4 is 0 Å². The predicted octanol–water partition coefficient (Wildman–Crippen LogP) is 7.55. The van der Waals surface area contributed by atoms with Crippen molar-refractivity contribution in [1.29, 1.82) is 0 Å². The maximum absolute atomic E-state index is 11.8. The first-order chi connectivity index (χ1) is 13.6. The molecule has 148 valence electrons. The van der Waals surface area contributed by atoms with E-state index in [0.29, 0.717) is 11.5 Å². The first kappa shape index (κ1) is 20.4. The Hall–Kier alpha value is -2.35. The summed E-state index contributed by atoms with van der Waals surface area (Å²) < 4.78 is 0. The molecule has 0 aromatic heterocycles. The van der Waals surface area contributed by atoms with E-state index in [-0.39, 0.29) is 0 Å². The summed E-state index contributed by atoms with van der Waals surface area (Å²) in [7, 11) is 0. The van der Waals surface area contributed by atoms with E-state index in [0.717, 1.165) is 35.4 Å². The number of unbranched alkanes of at least 4 members (excludes halogenated alkanes) is 1. The second kappa shape index (κ2) is 9.73. The second-order valence-corrected chi connectivity index (χ2v) is 8.05. The number of benzene rings is 2. The zero-order valence-electron chi connectivity index (χ0n) is 17.2. The number of hydrogen-bond acceptors (Lipinski definition) is 1. The molecule has 1 aliphatic rings. The van der Waals surface area contributed by atoms with Gasteiger partial charge in [-0.2, -0.15) is 0 Å². The van der Waals surface area contributed by atoms with Gasteiger partial charge in [0.1, 0.15) is 0 Å². The maximum atomic E-state index is 11.8. The zero-order chi connectivity index (χ0) is 19.9. The average molecular weight is 377 g/mol. The zero-order valence-corrected chi connectivity index (χ0v) is 17.2. The summed E-state index contributed by atoms with van der Waals surface area (Å²) in [6.45, 7) is 4.45. The Kier molecular flexibility index (Phi) is 7.08. The van der Waals surface area contributed by atoms with Gasteiger partial charge in [0, 0.05) is 0 Å². The van der Waals surface area contributed by atoms with E-state index in [1.807, 2.05) is 18.2 Å².